The smallest absolute Gasteiger partial charge is 0.323 e. The first-order valence-corrected chi connectivity index (χ1v) is 14.3. The van der Waals surface area contributed by atoms with Crippen LogP contribution in [0, 0.1) is 11.7 Å². The Morgan fingerprint density at radius 1 is 1.07 bits per heavy atom. The molecule has 0 aliphatic carbocycles. The Labute approximate surface area is 262 Å². The molecule has 46 heavy (non-hydrogen) atoms. The zero-order valence-electron chi connectivity index (χ0n) is 24.1. The summed E-state index contributed by atoms with van der Waals surface area (Å²) in [4.78, 5) is 31.0. The van der Waals surface area contributed by atoms with E-state index in [-0.39, 0.29) is 40.5 Å². The number of rotatable bonds is 3. The molecule has 2 bridgehead atoms. The minimum atomic E-state index is -4.73. The Morgan fingerprint density at radius 3 is 2.57 bits per heavy atom. The van der Waals surface area contributed by atoms with Gasteiger partial charge in [0.15, 0.2) is 5.69 Å². The van der Waals surface area contributed by atoms with Crippen molar-refractivity contribution in [3.8, 4) is 28.2 Å². The molecule has 0 spiro atoms. The summed E-state index contributed by atoms with van der Waals surface area (Å²) in [6.45, 7) is 1.45. The molecule has 5 aromatic rings. The predicted molar refractivity (Wildman–Crippen MR) is 158 cm³/mol. The zero-order chi connectivity index (χ0) is 32.9. The molecule has 0 saturated carbocycles. The number of alkyl halides is 4. The lowest BCUT2D eigenvalue weighted by Crippen LogP contribution is -2.30. The fourth-order valence-corrected chi connectivity index (χ4v) is 5.65. The summed E-state index contributed by atoms with van der Waals surface area (Å²) in [6.07, 6.45) is -3.19. The maximum atomic E-state index is 15.4. The summed E-state index contributed by atoms with van der Waals surface area (Å²) in [7, 11) is 1.61. The van der Waals surface area contributed by atoms with E-state index in [0.717, 1.165) is 10.7 Å². The molecule has 4 heterocycles. The molecule has 6 rings (SSSR count). The number of anilines is 1. The third-order valence-electron chi connectivity index (χ3n) is 7.88. The normalized spacial score (nSPS) is 18.8. The second kappa shape index (κ2) is 11.8. The van der Waals surface area contributed by atoms with E-state index in [9.17, 15) is 22.8 Å². The summed E-state index contributed by atoms with van der Waals surface area (Å²) >= 11 is 6.20. The van der Waals surface area contributed by atoms with E-state index in [1.165, 1.54) is 59.0 Å². The molecule has 3 aromatic heterocycles. The van der Waals surface area contributed by atoms with Crippen LogP contribution in [0.15, 0.2) is 66.0 Å². The fourth-order valence-electron chi connectivity index (χ4n) is 5.47. The minimum absolute atomic E-state index is 0.00243. The van der Waals surface area contributed by atoms with Crippen LogP contribution in [0.4, 0.5) is 27.6 Å². The van der Waals surface area contributed by atoms with Crippen molar-refractivity contribution in [1.82, 2.24) is 34.3 Å². The van der Waals surface area contributed by atoms with Crippen LogP contribution in [0.2, 0.25) is 5.02 Å². The number of carbonyl (C=O) groups excluding carboxylic acids is 1. The largest absolute Gasteiger partial charge is 0.436 e. The van der Waals surface area contributed by atoms with Gasteiger partial charge in [0.2, 0.25) is 5.91 Å². The minimum Gasteiger partial charge on any atom is -0.323 e. The number of hydrogen-bond donors (Lipinski definition) is 1. The number of benzene rings is 2. The summed E-state index contributed by atoms with van der Waals surface area (Å²) in [6, 6.07) is 8.64. The van der Waals surface area contributed by atoms with Crippen LogP contribution >= 0.6 is 11.6 Å². The van der Waals surface area contributed by atoms with Crippen LogP contribution in [0.3, 0.4) is 0 Å². The summed E-state index contributed by atoms with van der Waals surface area (Å²) in [5.41, 5.74) is -0.0943. The second-order valence-corrected chi connectivity index (χ2v) is 11.4. The topological polar surface area (TPSA) is 113 Å². The number of halogens is 6. The van der Waals surface area contributed by atoms with Crippen molar-refractivity contribution in [3.63, 3.8) is 0 Å². The molecule has 16 heteroatoms. The van der Waals surface area contributed by atoms with E-state index >= 15 is 8.78 Å². The van der Waals surface area contributed by atoms with Crippen LogP contribution in [0.25, 0.3) is 28.2 Å². The van der Waals surface area contributed by atoms with Gasteiger partial charge in [0, 0.05) is 29.3 Å². The second-order valence-electron chi connectivity index (χ2n) is 10.9. The molecule has 1 amide bonds. The molecule has 0 saturated heterocycles. The SMILES string of the molecule is CC1C(=O)Nc2cnn(C)c2-c2cc(F)cc(c2)C(n2cnc(-c3cc(Cl)ccc3-n3cc(C(F)(F)F)nn3)cc2=O)CCC1F. The average Bonchev–Trinajstić information content (AvgIpc) is 3.64. The predicted octanol–water partition coefficient (Wildman–Crippen LogP) is 6.00. The molecule has 0 radical (unpaired) electrons. The quantitative estimate of drug-likeness (QED) is 0.238. The van der Waals surface area contributed by atoms with Crippen LogP contribution in [-0.4, -0.2) is 46.4 Å². The number of nitrogens with one attached hydrogen (secondary N) is 1. The highest BCUT2D eigenvalue weighted by molar-refractivity contribution is 6.31. The number of fused-ring (bicyclic) bond motifs is 4. The first kappa shape index (κ1) is 31.1. The Balaban J connectivity index is 1.46. The van der Waals surface area contributed by atoms with Gasteiger partial charge in [-0.2, -0.15) is 18.3 Å². The van der Waals surface area contributed by atoms with Crippen LogP contribution < -0.4 is 10.9 Å². The average molecular weight is 659 g/mol. The fraction of sp³-hybridized carbons (Fsp3) is 0.267. The Bertz CT molecular complexity index is 2020. The molecule has 0 fully saturated rings. The molecule has 3 unspecified atom stereocenters. The van der Waals surface area contributed by atoms with Gasteiger partial charge in [-0.3, -0.25) is 18.8 Å². The summed E-state index contributed by atoms with van der Waals surface area (Å²) in [5.74, 6) is -2.26. The Morgan fingerprint density at radius 2 is 1.85 bits per heavy atom. The Kier molecular flexibility index (Phi) is 7.96. The van der Waals surface area contributed by atoms with Gasteiger partial charge in [0.05, 0.1) is 53.4 Å². The summed E-state index contributed by atoms with van der Waals surface area (Å²) in [5, 5.41) is 13.8. The van der Waals surface area contributed by atoms with E-state index in [2.05, 4.69) is 25.7 Å². The lowest BCUT2D eigenvalue weighted by atomic mass is 9.93. The van der Waals surface area contributed by atoms with Crippen molar-refractivity contribution in [1.29, 1.82) is 0 Å². The van der Waals surface area contributed by atoms with E-state index < -0.39 is 47.3 Å². The van der Waals surface area contributed by atoms with E-state index in [4.69, 9.17) is 11.6 Å². The van der Waals surface area contributed by atoms with Crippen molar-refractivity contribution >= 4 is 23.2 Å². The third kappa shape index (κ3) is 5.89. The highest BCUT2D eigenvalue weighted by atomic mass is 35.5. The van der Waals surface area contributed by atoms with Gasteiger partial charge < -0.3 is 5.32 Å². The van der Waals surface area contributed by atoms with Crippen molar-refractivity contribution in [2.24, 2.45) is 13.0 Å². The molecule has 10 nitrogen and oxygen atoms in total. The number of hydrogen-bond acceptors (Lipinski definition) is 6. The van der Waals surface area contributed by atoms with Crippen molar-refractivity contribution in [2.75, 3.05) is 5.32 Å². The monoisotopic (exact) mass is 658 g/mol. The first-order chi connectivity index (χ1) is 21.8. The summed E-state index contributed by atoms with van der Waals surface area (Å²) < 4.78 is 73.7. The van der Waals surface area contributed by atoms with E-state index in [0.29, 0.717) is 23.0 Å². The lowest BCUT2D eigenvalue weighted by Gasteiger charge is -2.24. The van der Waals surface area contributed by atoms with Gasteiger partial charge in [-0.05, 0) is 54.8 Å². The molecule has 3 atom stereocenters. The Hall–Kier alpha value is -4.92. The highest BCUT2D eigenvalue weighted by Crippen LogP contribution is 2.35. The number of nitrogens with zero attached hydrogens (tertiary/aromatic N) is 7. The van der Waals surface area contributed by atoms with Gasteiger partial charge in [0.1, 0.15) is 12.0 Å². The number of aryl methyl sites for hydroxylation is 1. The maximum Gasteiger partial charge on any atom is 0.436 e. The van der Waals surface area contributed by atoms with E-state index in [1.54, 1.807) is 13.1 Å². The van der Waals surface area contributed by atoms with Gasteiger partial charge >= 0.3 is 6.18 Å². The van der Waals surface area contributed by atoms with Crippen LogP contribution in [-0.2, 0) is 18.0 Å². The molecule has 238 valence electrons. The molecule has 2 aromatic carbocycles. The lowest BCUT2D eigenvalue weighted by molar-refractivity contribution is -0.141. The van der Waals surface area contributed by atoms with E-state index in [1.807, 2.05) is 0 Å². The van der Waals surface area contributed by atoms with Gasteiger partial charge in [-0.15, -0.1) is 5.10 Å². The standard InChI is InChI=1S/C30H24ClF5N8O2/c1-15-21(33)4-6-24(16-7-17(9-19(32)8-16)28-23(39-29(15)46)12-38-42(28)2)43-14-37-22(11-27(43)45)20-10-18(31)3-5-25(20)44-13-26(40-41-44)30(34,35)36/h3,5,7-15,21,24H,4,6H2,1-2H3,(H,39,46). The number of amides is 1. The van der Waals surface area contributed by atoms with Crippen LogP contribution in [0.5, 0.6) is 0 Å². The first-order valence-electron chi connectivity index (χ1n) is 14.0. The zero-order valence-corrected chi connectivity index (χ0v) is 24.9. The van der Waals surface area contributed by atoms with Gasteiger partial charge in [0.25, 0.3) is 5.56 Å². The van der Waals surface area contributed by atoms with Gasteiger partial charge in [-0.1, -0.05) is 23.7 Å². The number of carbonyl (C=O) groups is 1. The van der Waals surface area contributed by atoms with Crippen LogP contribution in [0.1, 0.15) is 37.1 Å². The number of aromatic nitrogens is 7. The van der Waals surface area contributed by atoms with Gasteiger partial charge in [-0.25, -0.2) is 18.4 Å². The van der Waals surface area contributed by atoms with Crippen molar-refractivity contribution < 1.29 is 26.7 Å². The highest BCUT2D eigenvalue weighted by Gasteiger charge is 2.35. The molecular formula is C30H24ClF5N8O2. The molecule has 1 aliphatic heterocycles. The molecule has 1 aliphatic rings. The van der Waals surface area contributed by atoms with Crippen molar-refractivity contribution in [2.45, 2.75) is 38.2 Å². The third-order valence-corrected chi connectivity index (χ3v) is 8.12. The maximum absolute atomic E-state index is 15.4. The van der Waals surface area contributed by atoms with Crippen molar-refractivity contribution in [3.05, 3.63) is 93.6 Å². The molecule has 1 N–H and O–H groups in total. The molecular weight excluding hydrogens is 635 g/mol.